The van der Waals surface area contributed by atoms with Gasteiger partial charge in [-0.3, -0.25) is 4.90 Å². The van der Waals surface area contributed by atoms with E-state index in [4.69, 9.17) is 9.47 Å². The van der Waals surface area contributed by atoms with Crippen molar-refractivity contribution >= 4 is 12.1 Å². The molecule has 1 aromatic carbocycles. The predicted octanol–water partition coefficient (Wildman–Crippen LogP) is 3.82. The Bertz CT molecular complexity index is 568. The predicted molar refractivity (Wildman–Crippen MR) is 86.6 cm³/mol. The molecule has 5 nitrogen and oxygen atoms in total. The first-order valence-corrected chi connectivity index (χ1v) is 7.96. The maximum atomic E-state index is 12.0. The van der Waals surface area contributed by atoms with E-state index in [0.717, 1.165) is 24.8 Å². The lowest BCUT2D eigenvalue weighted by atomic mass is 10.1. The van der Waals surface area contributed by atoms with Gasteiger partial charge in [0.25, 0.3) is 0 Å². The zero-order chi connectivity index (χ0) is 16.7. The lowest BCUT2D eigenvalue weighted by Gasteiger charge is -2.19. The molecule has 0 aromatic heterocycles. The zero-order valence-corrected chi connectivity index (χ0v) is 13.7. The monoisotopic (exact) mass is 317 g/mol. The molecule has 0 saturated carbocycles. The van der Waals surface area contributed by atoms with E-state index < -0.39 is 12.1 Å². The summed E-state index contributed by atoms with van der Waals surface area (Å²) in [5.74, 6) is -0.396. The lowest BCUT2D eigenvalue weighted by Crippen LogP contribution is -2.23. The summed E-state index contributed by atoms with van der Waals surface area (Å²) < 4.78 is 10.0. The van der Waals surface area contributed by atoms with E-state index in [-0.39, 0.29) is 12.6 Å². The fourth-order valence-corrected chi connectivity index (χ4v) is 2.59. The maximum Gasteiger partial charge on any atom is 0.414 e. The number of esters is 1. The molecule has 0 spiro atoms. The van der Waals surface area contributed by atoms with Crippen molar-refractivity contribution in [2.24, 2.45) is 0 Å². The van der Waals surface area contributed by atoms with Crippen LogP contribution in [0.2, 0.25) is 0 Å². The number of methoxy groups -OCH3 is 1. The lowest BCUT2D eigenvalue weighted by molar-refractivity contribution is -0.136. The highest BCUT2D eigenvalue weighted by Gasteiger charge is 2.33. The normalized spacial score (nSPS) is 18.0. The van der Waals surface area contributed by atoms with Gasteiger partial charge in [0.2, 0.25) is 0 Å². The summed E-state index contributed by atoms with van der Waals surface area (Å²) in [6, 6.07) is 9.44. The third kappa shape index (κ3) is 4.34. The highest BCUT2D eigenvalue weighted by Crippen LogP contribution is 2.29. The minimum absolute atomic E-state index is 0.213. The van der Waals surface area contributed by atoms with Crippen molar-refractivity contribution in [3.63, 3.8) is 0 Å². The van der Waals surface area contributed by atoms with E-state index in [1.54, 1.807) is 6.20 Å². The molecule has 0 radical (unpaired) electrons. The van der Waals surface area contributed by atoms with E-state index in [9.17, 15) is 9.59 Å². The van der Waals surface area contributed by atoms with Crippen molar-refractivity contribution in [3.8, 4) is 0 Å². The molecule has 1 aromatic rings. The second-order valence-electron chi connectivity index (χ2n) is 5.51. The third-order valence-corrected chi connectivity index (χ3v) is 3.89. The Morgan fingerprint density at radius 3 is 2.74 bits per heavy atom. The standard InChI is InChI=1S/C18H23NO4/c1-3-4-6-11-15(17(20)22-2)12-19-16(13-23-18(19)21)14-9-7-5-8-10-14/h5,7-10,12,16H,3-4,6,11,13H2,1-2H3/b15-12-/t16-/m0/s1. The minimum atomic E-state index is -0.434. The van der Waals surface area contributed by atoms with Crippen molar-refractivity contribution in [2.75, 3.05) is 13.7 Å². The molecule has 5 heteroatoms. The van der Waals surface area contributed by atoms with Gasteiger partial charge in [0.1, 0.15) is 6.61 Å². The van der Waals surface area contributed by atoms with Crippen LogP contribution in [0.15, 0.2) is 42.1 Å². The largest absolute Gasteiger partial charge is 0.466 e. The number of nitrogens with zero attached hydrogens (tertiary/aromatic N) is 1. The van der Waals surface area contributed by atoms with Crippen LogP contribution in [0.4, 0.5) is 4.79 Å². The molecule has 0 N–H and O–H groups in total. The molecular weight excluding hydrogens is 294 g/mol. The molecular formula is C18H23NO4. The molecule has 0 aliphatic carbocycles. The van der Waals surface area contributed by atoms with Gasteiger partial charge >= 0.3 is 12.1 Å². The molecule has 0 unspecified atom stereocenters. The number of carbonyl (C=O) groups excluding carboxylic acids is 2. The van der Waals surface area contributed by atoms with Crippen LogP contribution in [0, 0.1) is 0 Å². The average Bonchev–Trinajstić information content (AvgIpc) is 2.95. The van der Waals surface area contributed by atoms with Gasteiger partial charge in [0.05, 0.1) is 18.7 Å². The summed E-state index contributed by atoms with van der Waals surface area (Å²) in [6.07, 6.45) is 4.72. The van der Waals surface area contributed by atoms with Crippen molar-refractivity contribution in [1.29, 1.82) is 0 Å². The molecule has 1 aliphatic rings. The SMILES string of the molecule is CCCCC/C(=C/N1C(=O)OC[C@H]1c1ccccc1)C(=O)OC. The van der Waals surface area contributed by atoms with Crippen molar-refractivity contribution < 1.29 is 19.1 Å². The number of rotatable bonds is 7. The fraction of sp³-hybridized carbons (Fsp3) is 0.444. The molecule has 0 bridgehead atoms. The summed E-state index contributed by atoms with van der Waals surface area (Å²) in [5, 5.41) is 0. The zero-order valence-electron chi connectivity index (χ0n) is 13.7. The van der Waals surface area contributed by atoms with Crippen LogP contribution >= 0.6 is 0 Å². The van der Waals surface area contributed by atoms with Gasteiger partial charge in [-0.1, -0.05) is 50.1 Å². The molecule has 1 aliphatic heterocycles. The number of benzene rings is 1. The maximum absolute atomic E-state index is 12.0. The number of cyclic esters (lactones) is 1. The van der Waals surface area contributed by atoms with Gasteiger partial charge in [-0.25, -0.2) is 9.59 Å². The van der Waals surface area contributed by atoms with E-state index in [0.29, 0.717) is 12.0 Å². The highest BCUT2D eigenvalue weighted by molar-refractivity contribution is 5.89. The molecule has 1 saturated heterocycles. The Morgan fingerprint density at radius 2 is 2.09 bits per heavy atom. The molecule has 1 fully saturated rings. The molecule has 1 amide bonds. The van der Waals surface area contributed by atoms with Crippen molar-refractivity contribution in [3.05, 3.63) is 47.7 Å². The molecule has 124 valence electrons. The first-order chi connectivity index (χ1) is 11.2. The Balaban J connectivity index is 2.22. The molecule has 2 rings (SSSR count). The van der Waals surface area contributed by atoms with E-state index in [1.807, 2.05) is 30.3 Å². The Morgan fingerprint density at radius 1 is 1.35 bits per heavy atom. The van der Waals surface area contributed by atoms with Crippen LogP contribution in [0.1, 0.15) is 44.2 Å². The summed E-state index contributed by atoms with van der Waals surface area (Å²) in [7, 11) is 1.35. The number of hydrogen-bond donors (Lipinski definition) is 0. The topological polar surface area (TPSA) is 55.8 Å². The number of hydrogen-bond acceptors (Lipinski definition) is 4. The second kappa shape index (κ2) is 8.36. The number of carbonyl (C=O) groups is 2. The Labute approximate surface area is 136 Å². The van der Waals surface area contributed by atoms with Crippen molar-refractivity contribution in [2.45, 2.75) is 38.6 Å². The fourth-order valence-electron chi connectivity index (χ4n) is 2.59. The summed E-state index contributed by atoms with van der Waals surface area (Å²) in [5.41, 5.74) is 1.48. The van der Waals surface area contributed by atoms with Crippen molar-refractivity contribution in [1.82, 2.24) is 4.90 Å². The van der Waals surface area contributed by atoms with Gasteiger partial charge in [-0.15, -0.1) is 0 Å². The smallest absolute Gasteiger partial charge is 0.414 e. The number of ether oxygens (including phenoxy) is 2. The molecule has 23 heavy (non-hydrogen) atoms. The molecule has 1 heterocycles. The van der Waals surface area contributed by atoms with Gasteiger partial charge < -0.3 is 9.47 Å². The minimum Gasteiger partial charge on any atom is -0.466 e. The van der Waals surface area contributed by atoms with Crippen LogP contribution in [0.3, 0.4) is 0 Å². The quantitative estimate of drug-likeness (QED) is 0.436. The Hall–Kier alpha value is -2.30. The first kappa shape index (κ1) is 17.1. The van der Waals surface area contributed by atoms with Crippen LogP contribution in [-0.4, -0.2) is 30.7 Å². The van der Waals surface area contributed by atoms with Gasteiger partial charge in [-0.2, -0.15) is 0 Å². The summed E-state index contributed by atoms with van der Waals surface area (Å²) in [4.78, 5) is 25.5. The third-order valence-electron chi connectivity index (χ3n) is 3.89. The van der Waals surface area contributed by atoms with Crippen LogP contribution in [0.5, 0.6) is 0 Å². The number of amides is 1. The van der Waals surface area contributed by atoms with E-state index >= 15 is 0 Å². The summed E-state index contributed by atoms with van der Waals surface area (Å²) >= 11 is 0. The number of unbranched alkanes of at least 4 members (excludes halogenated alkanes) is 2. The van der Waals surface area contributed by atoms with Gasteiger partial charge in [0.15, 0.2) is 0 Å². The van der Waals surface area contributed by atoms with E-state index in [1.165, 1.54) is 12.0 Å². The van der Waals surface area contributed by atoms with Crippen LogP contribution in [-0.2, 0) is 14.3 Å². The first-order valence-electron chi connectivity index (χ1n) is 7.96. The average molecular weight is 317 g/mol. The highest BCUT2D eigenvalue weighted by atomic mass is 16.6. The second-order valence-corrected chi connectivity index (χ2v) is 5.51. The van der Waals surface area contributed by atoms with Crippen LogP contribution in [0.25, 0.3) is 0 Å². The van der Waals surface area contributed by atoms with Gasteiger partial charge in [0, 0.05) is 6.20 Å². The van der Waals surface area contributed by atoms with Crippen LogP contribution < -0.4 is 0 Å². The van der Waals surface area contributed by atoms with E-state index in [2.05, 4.69) is 6.92 Å². The molecule has 1 atom stereocenters. The summed E-state index contributed by atoms with van der Waals surface area (Å²) in [6.45, 7) is 2.38. The van der Waals surface area contributed by atoms with Gasteiger partial charge in [-0.05, 0) is 18.4 Å². The Kier molecular flexibility index (Phi) is 6.20.